The number of rotatable bonds is 5. The van der Waals surface area contributed by atoms with Crippen LogP contribution >= 0.6 is 11.6 Å². The van der Waals surface area contributed by atoms with E-state index in [0.29, 0.717) is 25.5 Å². The molecular weight excluding hydrogens is 314 g/mol. The van der Waals surface area contributed by atoms with Crippen molar-refractivity contribution < 1.29 is 13.5 Å². The molecule has 1 atom stereocenters. The van der Waals surface area contributed by atoms with Crippen LogP contribution in [-0.4, -0.2) is 49.1 Å². The lowest BCUT2D eigenvalue weighted by Crippen LogP contribution is -2.40. The van der Waals surface area contributed by atoms with Gasteiger partial charge in [0.05, 0.1) is 5.02 Å². The van der Waals surface area contributed by atoms with E-state index >= 15 is 0 Å². The summed E-state index contributed by atoms with van der Waals surface area (Å²) in [6, 6.07) is 1.42. The van der Waals surface area contributed by atoms with Crippen molar-refractivity contribution in [2.75, 3.05) is 31.6 Å². The fourth-order valence-electron chi connectivity index (χ4n) is 2.40. The fraction of sp³-hybridized carbons (Fsp3) is 0.615. The predicted molar refractivity (Wildman–Crippen MR) is 82.0 cm³/mol. The van der Waals surface area contributed by atoms with Gasteiger partial charge in [-0.05, 0) is 31.7 Å². The number of aliphatic hydroxyl groups is 1. The summed E-state index contributed by atoms with van der Waals surface area (Å²) in [4.78, 5) is 4.16. The Hall–Kier alpha value is -0.890. The van der Waals surface area contributed by atoms with Gasteiger partial charge in [-0.2, -0.15) is 4.31 Å². The zero-order valence-electron chi connectivity index (χ0n) is 11.9. The van der Waals surface area contributed by atoms with Crippen molar-refractivity contribution in [1.29, 1.82) is 0 Å². The smallest absolute Gasteiger partial charge is 0.244 e. The van der Waals surface area contributed by atoms with Gasteiger partial charge in [0.1, 0.15) is 10.7 Å². The Bertz CT molecular complexity index is 594. The van der Waals surface area contributed by atoms with Gasteiger partial charge in [-0.15, -0.1) is 0 Å². The number of halogens is 1. The van der Waals surface area contributed by atoms with Crippen molar-refractivity contribution in [1.82, 2.24) is 9.29 Å². The number of pyridine rings is 1. The standard InChI is InChI=1S/C13H20ClN3O3S/c1-2-15-13-12(14)6-11(7-16-13)21(19,20)17-5-3-4-10(8-17)9-18/h6-7,10,18H,2-5,8-9H2,1H3,(H,15,16). The summed E-state index contributed by atoms with van der Waals surface area (Å²) in [5.41, 5.74) is 0. The van der Waals surface area contributed by atoms with Crippen LogP contribution in [0.3, 0.4) is 0 Å². The SMILES string of the molecule is CCNc1ncc(S(=O)(=O)N2CCCC(CO)C2)cc1Cl. The van der Waals surface area contributed by atoms with Gasteiger partial charge >= 0.3 is 0 Å². The lowest BCUT2D eigenvalue weighted by molar-refractivity contribution is 0.165. The van der Waals surface area contributed by atoms with Crippen LogP contribution in [0.25, 0.3) is 0 Å². The molecule has 1 fully saturated rings. The molecule has 0 amide bonds. The lowest BCUT2D eigenvalue weighted by atomic mass is 10.0. The number of nitrogens with zero attached hydrogens (tertiary/aromatic N) is 2. The number of sulfonamides is 1. The second-order valence-electron chi connectivity index (χ2n) is 5.09. The highest BCUT2D eigenvalue weighted by atomic mass is 35.5. The van der Waals surface area contributed by atoms with Crippen molar-refractivity contribution in [3.63, 3.8) is 0 Å². The quantitative estimate of drug-likeness (QED) is 0.854. The van der Waals surface area contributed by atoms with Crippen LogP contribution in [0.1, 0.15) is 19.8 Å². The molecule has 118 valence electrons. The van der Waals surface area contributed by atoms with Gasteiger partial charge in [-0.1, -0.05) is 11.6 Å². The predicted octanol–water partition coefficient (Wildman–Crippen LogP) is 1.56. The number of hydrogen-bond donors (Lipinski definition) is 2. The Labute approximate surface area is 130 Å². The Kier molecular flexibility index (Phi) is 5.43. The zero-order chi connectivity index (χ0) is 15.5. The highest BCUT2D eigenvalue weighted by Gasteiger charge is 2.30. The van der Waals surface area contributed by atoms with Crippen LogP contribution in [0.4, 0.5) is 5.82 Å². The molecule has 0 aliphatic carbocycles. The summed E-state index contributed by atoms with van der Waals surface area (Å²) in [5.74, 6) is 0.475. The third-order valence-corrected chi connectivity index (χ3v) is 5.66. The van der Waals surface area contributed by atoms with Crippen LogP contribution in [0.2, 0.25) is 5.02 Å². The molecule has 8 heteroatoms. The summed E-state index contributed by atoms with van der Waals surface area (Å²) >= 11 is 6.06. The van der Waals surface area contributed by atoms with E-state index in [1.807, 2.05) is 6.92 Å². The molecule has 6 nitrogen and oxygen atoms in total. The van der Waals surface area contributed by atoms with Gasteiger partial charge in [-0.3, -0.25) is 0 Å². The van der Waals surface area contributed by atoms with Crippen LogP contribution < -0.4 is 5.32 Å². The van der Waals surface area contributed by atoms with Gasteiger partial charge < -0.3 is 10.4 Å². The van der Waals surface area contributed by atoms with Crippen molar-refractivity contribution in [3.8, 4) is 0 Å². The van der Waals surface area contributed by atoms with E-state index in [1.54, 1.807) is 0 Å². The molecule has 1 saturated heterocycles. The molecular formula is C13H20ClN3O3S. The number of nitrogens with one attached hydrogen (secondary N) is 1. The van der Waals surface area contributed by atoms with E-state index < -0.39 is 10.0 Å². The van der Waals surface area contributed by atoms with Gasteiger partial charge in [0.15, 0.2) is 0 Å². The van der Waals surface area contributed by atoms with Crippen molar-refractivity contribution in [2.45, 2.75) is 24.7 Å². The summed E-state index contributed by atoms with van der Waals surface area (Å²) in [5, 5.41) is 12.5. The molecule has 21 heavy (non-hydrogen) atoms. The van der Waals surface area contributed by atoms with Crippen molar-refractivity contribution in [3.05, 3.63) is 17.3 Å². The molecule has 1 aliphatic heterocycles. The molecule has 0 aromatic carbocycles. The summed E-state index contributed by atoms with van der Waals surface area (Å²) in [6.07, 6.45) is 2.92. The normalized spacial score (nSPS) is 20.4. The molecule has 1 aliphatic rings. The van der Waals surface area contributed by atoms with E-state index in [0.717, 1.165) is 12.8 Å². The molecule has 2 N–H and O–H groups in total. The van der Waals surface area contributed by atoms with Gasteiger partial charge in [0.2, 0.25) is 10.0 Å². The molecule has 0 radical (unpaired) electrons. The molecule has 0 saturated carbocycles. The minimum absolute atomic E-state index is 0.00186. The number of aliphatic hydroxyl groups excluding tert-OH is 1. The number of hydrogen-bond acceptors (Lipinski definition) is 5. The third kappa shape index (κ3) is 3.66. The van der Waals surface area contributed by atoms with Gasteiger partial charge in [0, 0.05) is 32.4 Å². The first-order valence-corrected chi connectivity index (χ1v) is 8.81. The highest BCUT2D eigenvalue weighted by Crippen LogP contribution is 2.27. The Morgan fingerprint density at radius 2 is 2.33 bits per heavy atom. The topological polar surface area (TPSA) is 82.5 Å². The monoisotopic (exact) mass is 333 g/mol. The molecule has 0 bridgehead atoms. The largest absolute Gasteiger partial charge is 0.396 e. The number of aromatic nitrogens is 1. The van der Waals surface area contributed by atoms with Crippen LogP contribution in [0.5, 0.6) is 0 Å². The fourth-order valence-corrected chi connectivity index (χ4v) is 4.23. The summed E-state index contributed by atoms with van der Waals surface area (Å²) < 4.78 is 26.6. The lowest BCUT2D eigenvalue weighted by Gasteiger charge is -2.30. The van der Waals surface area contributed by atoms with E-state index in [9.17, 15) is 13.5 Å². The van der Waals surface area contributed by atoms with E-state index in [2.05, 4.69) is 10.3 Å². The first-order chi connectivity index (χ1) is 9.98. The molecule has 1 unspecified atom stereocenters. The molecule has 2 heterocycles. The van der Waals surface area contributed by atoms with Gasteiger partial charge in [-0.25, -0.2) is 13.4 Å². The molecule has 0 spiro atoms. The second kappa shape index (κ2) is 6.91. The molecule has 1 aromatic heterocycles. The van der Waals surface area contributed by atoms with Crippen LogP contribution in [0, 0.1) is 5.92 Å². The minimum atomic E-state index is -3.61. The highest BCUT2D eigenvalue weighted by molar-refractivity contribution is 7.89. The Morgan fingerprint density at radius 1 is 1.57 bits per heavy atom. The first-order valence-electron chi connectivity index (χ1n) is 6.99. The maximum atomic E-state index is 12.6. The number of piperidine rings is 1. The third-order valence-electron chi connectivity index (χ3n) is 3.54. The van der Waals surface area contributed by atoms with Crippen molar-refractivity contribution in [2.24, 2.45) is 5.92 Å². The molecule has 1 aromatic rings. The maximum absolute atomic E-state index is 12.6. The Balaban J connectivity index is 2.25. The average Bonchev–Trinajstić information content (AvgIpc) is 2.49. The zero-order valence-corrected chi connectivity index (χ0v) is 13.5. The van der Waals surface area contributed by atoms with E-state index in [4.69, 9.17) is 11.6 Å². The summed E-state index contributed by atoms with van der Waals surface area (Å²) in [6.45, 7) is 3.37. The van der Waals surface area contributed by atoms with E-state index in [1.165, 1.54) is 16.6 Å². The van der Waals surface area contributed by atoms with Crippen molar-refractivity contribution >= 4 is 27.4 Å². The molecule has 2 rings (SSSR count). The van der Waals surface area contributed by atoms with Crippen LogP contribution in [0.15, 0.2) is 17.2 Å². The maximum Gasteiger partial charge on any atom is 0.244 e. The first kappa shape index (κ1) is 16.5. The Morgan fingerprint density at radius 3 is 2.95 bits per heavy atom. The number of anilines is 1. The van der Waals surface area contributed by atoms with Gasteiger partial charge in [0.25, 0.3) is 0 Å². The summed E-state index contributed by atoms with van der Waals surface area (Å²) in [7, 11) is -3.61. The average molecular weight is 334 g/mol. The van der Waals surface area contributed by atoms with E-state index in [-0.39, 0.29) is 22.4 Å². The van der Waals surface area contributed by atoms with Crippen LogP contribution in [-0.2, 0) is 10.0 Å². The minimum Gasteiger partial charge on any atom is -0.396 e. The second-order valence-corrected chi connectivity index (χ2v) is 7.43.